The average molecular weight is 352 g/mol. The van der Waals surface area contributed by atoms with Gasteiger partial charge in [-0.05, 0) is 12.5 Å². The fourth-order valence-corrected chi connectivity index (χ4v) is 5.36. The summed E-state index contributed by atoms with van der Waals surface area (Å²) >= 11 is 0. The maximum absolute atomic E-state index is 12.5. The van der Waals surface area contributed by atoms with Crippen molar-refractivity contribution < 1.29 is 27.5 Å². The van der Waals surface area contributed by atoms with Crippen molar-refractivity contribution in [2.24, 2.45) is 5.73 Å². The highest BCUT2D eigenvalue weighted by Crippen LogP contribution is 2.46. The Morgan fingerprint density at radius 2 is 1.96 bits per heavy atom. The minimum atomic E-state index is -4.11. The van der Waals surface area contributed by atoms with E-state index in [9.17, 15) is 22.8 Å². The quantitative estimate of drug-likeness (QED) is 0.566. The number of nitrogens with zero attached hydrogens (tertiary/aromatic N) is 1. The minimum Gasteiger partial charge on any atom is -0.459 e. The Morgan fingerprint density at radius 3 is 2.50 bits per heavy atom. The molecule has 1 aromatic rings. The Bertz CT molecular complexity index is 822. The fraction of sp³-hybridized carbons (Fsp3) is 0.400. The van der Waals surface area contributed by atoms with Crippen molar-refractivity contribution in [1.29, 1.82) is 0 Å². The molecule has 2 aliphatic heterocycles. The Balaban J connectivity index is 1.90. The molecule has 2 aliphatic rings. The van der Waals surface area contributed by atoms with Crippen LogP contribution in [0.5, 0.6) is 0 Å². The molecule has 0 saturated carbocycles. The molecule has 24 heavy (non-hydrogen) atoms. The fourth-order valence-electron chi connectivity index (χ4n) is 3.10. The highest BCUT2D eigenvalue weighted by Gasteiger charge is 2.72. The van der Waals surface area contributed by atoms with Crippen LogP contribution in [0.4, 0.5) is 0 Å². The number of primary amides is 1. The number of benzene rings is 1. The van der Waals surface area contributed by atoms with Gasteiger partial charge in [0.15, 0.2) is 20.6 Å². The van der Waals surface area contributed by atoms with Gasteiger partial charge in [0.25, 0.3) is 0 Å². The van der Waals surface area contributed by atoms with E-state index in [4.69, 9.17) is 10.5 Å². The third-order valence-corrected chi connectivity index (χ3v) is 7.35. The number of carbonyl (C=O) groups excluding carboxylic acids is 3. The van der Waals surface area contributed by atoms with Crippen molar-refractivity contribution in [3.63, 3.8) is 0 Å². The van der Waals surface area contributed by atoms with E-state index in [0.717, 1.165) is 11.8 Å². The first-order valence-corrected chi connectivity index (χ1v) is 8.81. The van der Waals surface area contributed by atoms with E-state index in [1.807, 2.05) is 0 Å². The van der Waals surface area contributed by atoms with E-state index in [-0.39, 0.29) is 13.0 Å². The minimum absolute atomic E-state index is 0.0994. The predicted molar refractivity (Wildman–Crippen MR) is 81.8 cm³/mol. The third-order valence-electron chi connectivity index (χ3n) is 4.63. The molecular weight excluding hydrogens is 336 g/mol. The third kappa shape index (κ3) is 2.04. The van der Waals surface area contributed by atoms with Crippen molar-refractivity contribution in [2.75, 3.05) is 0 Å². The van der Waals surface area contributed by atoms with Gasteiger partial charge in [0, 0.05) is 0 Å². The topological polar surface area (TPSA) is 124 Å². The number of nitrogens with two attached hydrogens (primary N) is 1. The van der Waals surface area contributed by atoms with E-state index >= 15 is 0 Å². The number of esters is 1. The largest absolute Gasteiger partial charge is 0.459 e. The smallest absolute Gasteiger partial charge is 0.331 e. The van der Waals surface area contributed by atoms with Crippen LogP contribution in [0.1, 0.15) is 18.9 Å². The summed E-state index contributed by atoms with van der Waals surface area (Å²) in [6.07, 6.45) is -0.256. The van der Waals surface area contributed by atoms with Gasteiger partial charge in [-0.2, -0.15) is 0 Å². The lowest BCUT2D eigenvalue weighted by molar-refractivity contribution is -0.163. The first-order valence-electron chi connectivity index (χ1n) is 7.26. The van der Waals surface area contributed by atoms with Crippen LogP contribution in [0.25, 0.3) is 0 Å². The lowest BCUT2D eigenvalue weighted by Gasteiger charge is -2.36. The number of sulfone groups is 1. The van der Waals surface area contributed by atoms with Gasteiger partial charge >= 0.3 is 5.97 Å². The van der Waals surface area contributed by atoms with Gasteiger partial charge in [-0.25, -0.2) is 13.2 Å². The van der Waals surface area contributed by atoms with Gasteiger partial charge in [0.1, 0.15) is 12.0 Å². The van der Waals surface area contributed by atoms with Gasteiger partial charge in [-0.3, -0.25) is 9.59 Å². The zero-order valence-corrected chi connectivity index (χ0v) is 13.7. The van der Waals surface area contributed by atoms with E-state index in [1.54, 1.807) is 30.3 Å². The summed E-state index contributed by atoms with van der Waals surface area (Å²) in [6, 6.07) is 7.20. The predicted octanol–water partition coefficient (Wildman–Crippen LogP) is -0.671. The summed E-state index contributed by atoms with van der Waals surface area (Å²) in [5.41, 5.74) is 5.97. The number of rotatable bonds is 4. The molecule has 0 radical (unpaired) electrons. The molecule has 0 aromatic heterocycles. The highest BCUT2D eigenvalue weighted by molar-refractivity contribution is 7.94. The number of fused-ring (bicyclic) bond motifs is 1. The van der Waals surface area contributed by atoms with Crippen LogP contribution in [0.3, 0.4) is 0 Å². The molecule has 2 N–H and O–H groups in total. The summed E-state index contributed by atoms with van der Waals surface area (Å²) in [7, 11) is -4.11. The Kier molecular flexibility index (Phi) is 3.63. The molecule has 1 aromatic carbocycles. The molecule has 0 unspecified atom stereocenters. The van der Waals surface area contributed by atoms with Gasteiger partial charge in [0.05, 0.1) is 6.42 Å². The number of hydrogen-bond acceptors (Lipinski definition) is 6. The number of carbonyl (C=O) groups is 3. The van der Waals surface area contributed by atoms with Gasteiger partial charge < -0.3 is 15.4 Å². The monoisotopic (exact) mass is 352 g/mol. The van der Waals surface area contributed by atoms with Crippen LogP contribution in [-0.4, -0.2) is 47.3 Å². The maximum Gasteiger partial charge on any atom is 0.331 e. The van der Waals surface area contributed by atoms with Crippen molar-refractivity contribution in [1.82, 2.24) is 4.90 Å². The summed E-state index contributed by atoms with van der Waals surface area (Å²) in [4.78, 5) is 37.0. The molecule has 0 aliphatic carbocycles. The van der Waals surface area contributed by atoms with E-state index in [0.29, 0.717) is 5.56 Å². The van der Waals surface area contributed by atoms with Crippen LogP contribution in [0.2, 0.25) is 0 Å². The van der Waals surface area contributed by atoms with E-state index in [1.165, 1.54) is 0 Å². The first-order chi connectivity index (χ1) is 11.2. The number of ether oxygens (including phenoxy) is 1. The molecular formula is C15H16N2O6S. The van der Waals surface area contributed by atoms with Crippen LogP contribution >= 0.6 is 0 Å². The van der Waals surface area contributed by atoms with E-state index in [2.05, 4.69) is 0 Å². The van der Waals surface area contributed by atoms with Crippen LogP contribution in [0.15, 0.2) is 30.3 Å². The number of hydrogen-bond donors (Lipinski definition) is 1. The van der Waals surface area contributed by atoms with Crippen LogP contribution < -0.4 is 5.73 Å². The average Bonchev–Trinajstić information content (AvgIpc) is 2.68. The second-order valence-corrected chi connectivity index (χ2v) is 8.45. The molecule has 2 fully saturated rings. The van der Waals surface area contributed by atoms with Crippen molar-refractivity contribution in [2.45, 2.75) is 36.1 Å². The van der Waals surface area contributed by atoms with Gasteiger partial charge in [-0.15, -0.1) is 0 Å². The summed E-state index contributed by atoms with van der Waals surface area (Å²) in [5, 5.41) is -1.20. The zero-order valence-electron chi connectivity index (χ0n) is 12.8. The van der Waals surface area contributed by atoms with Gasteiger partial charge in [-0.1, -0.05) is 30.3 Å². The second kappa shape index (κ2) is 5.30. The molecule has 0 spiro atoms. The molecule has 2 heterocycles. The molecule has 9 heteroatoms. The van der Waals surface area contributed by atoms with Crippen molar-refractivity contribution in [3.05, 3.63) is 35.9 Å². The van der Waals surface area contributed by atoms with Crippen molar-refractivity contribution >= 4 is 27.6 Å². The molecule has 0 bridgehead atoms. The van der Waals surface area contributed by atoms with E-state index < -0.39 is 43.8 Å². The summed E-state index contributed by atoms with van der Waals surface area (Å²) in [6.45, 7) is 0.975. The Labute approximate surface area is 138 Å². The highest BCUT2D eigenvalue weighted by atomic mass is 32.2. The lowest BCUT2D eigenvalue weighted by atomic mass is 9.96. The molecule has 128 valence electrons. The summed E-state index contributed by atoms with van der Waals surface area (Å²) < 4.78 is 28.0. The lowest BCUT2D eigenvalue weighted by Crippen LogP contribution is -2.60. The zero-order chi connectivity index (χ0) is 17.7. The molecule has 3 rings (SSSR count). The van der Waals surface area contributed by atoms with Crippen molar-refractivity contribution in [3.8, 4) is 0 Å². The standard InChI is InChI=1S/C15H16N2O6S/c1-15(14(16)20)12(17-10(18)7-11(17)24(15,21)22)13(19)23-8-9-5-3-2-4-6-9/h2-6,11-12H,7-8H2,1H3,(H2,16,20)/t11-,12+,15-/m1/s1. The second-order valence-electron chi connectivity index (χ2n) is 5.97. The first kappa shape index (κ1) is 16.4. The van der Waals surface area contributed by atoms with Crippen LogP contribution in [-0.2, 0) is 35.6 Å². The Morgan fingerprint density at radius 1 is 1.33 bits per heavy atom. The SMILES string of the molecule is C[C@]1(C(N)=O)[C@H](C(=O)OCc2ccccc2)N2C(=O)C[C@H]2S1(=O)=O. The maximum atomic E-state index is 12.5. The number of β-lactam (4-membered cyclic amide) rings is 1. The van der Waals surface area contributed by atoms with Crippen LogP contribution in [0, 0.1) is 0 Å². The number of amides is 2. The molecule has 2 saturated heterocycles. The Hall–Kier alpha value is -2.42. The normalized spacial score (nSPS) is 30.4. The molecule has 8 nitrogen and oxygen atoms in total. The van der Waals surface area contributed by atoms with Gasteiger partial charge in [0.2, 0.25) is 11.8 Å². The molecule has 3 atom stereocenters. The molecule has 2 amide bonds. The summed E-state index contributed by atoms with van der Waals surface area (Å²) in [5.74, 6) is -2.65.